The van der Waals surface area contributed by atoms with Gasteiger partial charge in [-0.1, -0.05) is 19.9 Å². The van der Waals surface area contributed by atoms with Gasteiger partial charge in [0.2, 0.25) is 0 Å². The van der Waals surface area contributed by atoms with Crippen molar-refractivity contribution >= 4 is 5.69 Å². The first-order valence-electron chi connectivity index (χ1n) is 6.67. The highest BCUT2D eigenvalue weighted by molar-refractivity contribution is 5.50. The highest BCUT2D eigenvalue weighted by Crippen LogP contribution is 2.26. The van der Waals surface area contributed by atoms with Crippen molar-refractivity contribution in [2.24, 2.45) is 0 Å². The molecule has 100 valence electrons. The largest absolute Gasteiger partial charge is 0.372 e. The molecular formula is C15H22FNO. The van der Waals surface area contributed by atoms with E-state index < -0.39 is 0 Å². The summed E-state index contributed by atoms with van der Waals surface area (Å²) in [5, 5.41) is 0. The normalized spacial score (nSPS) is 24.7. The third-order valence-electron chi connectivity index (χ3n) is 3.40. The van der Waals surface area contributed by atoms with Crippen LogP contribution in [-0.2, 0) is 4.74 Å². The van der Waals surface area contributed by atoms with Crippen LogP contribution in [0.4, 0.5) is 10.1 Å². The van der Waals surface area contributed by atoms with Crippen molar-refractivity contribution in [3.63, 3.8) is 0 Å². The monoisotopic (exact) mass is 251 g/mol. The van der Waals surface area contributed by atoms with Gasteiger partial charge < -0.3 is 9.64 Å². The molecule has 0 aliphatic carbocycles. The highest BCUT2D eigenvalue weighted by atomic mass is 19.1. The molecule has 0 unspecified atom stereocenters. The summed E-state index contributed by atoms with van der Waals surface area (Å²) >= 11 is 0. The van der Waals surface area contributed by atoms with E-state index >= 15 is 0 Å². The lowest BCUT2D eigenvalue weighted by atomic mass is 10.0. The minimum atomic E-state index is -0.123. The molecule has 2 nitrogen and oxygen atoms in total. The first kappa shape index (κ1) is 13.3. The second-order valence-electron chi connectivity index (χ2n) is 5.53. The van der Waals surface area contributed by atoms with Crippen molar-refractivity contribution in [3.05, 3.63) is 29.6 Å². The van der Waals surface area contributed by atoms with E-state index in [0.717, 1.165) is 18.7 Å². The zero-order valence-electron chi connectivity index (χ0n) is 11.6. The molecule has 0 N–H and O–H groups in total. The fourth-order valence-electron chi connectivity index (χ4n) is 2.51. The molecule has 1 aliphatic heterocycles. The molecule has 0 amide bonds. The first-order chi connectivity index (χ1) is 8.47. The lowest BCUT2D eigenvalue weighted by molar-refractivity contribution is -0.00539. The van der Waals surface area contributed by atoms with Gasteiger partial charge in [0.25, 0.3) is 0 Å². The summed E-state index contributed by atoms with van der Waals surface area (Å²) < 4.78 is 19.8. The lowest BCUT2D eigenvalue weighted by Crippen LogP contribution is -2.45. The molecule has 1 aliphatic rings. The van der Waals surface area contributed by atoms with Gasteiger partial charge in [-0.05, 0) is 37.5 Å². The van der Waals surface area contributed by atoms with Crippen molar-refractivity contribution in [3.8, 4) is 0 Å². The van der Waals surface area contributed by atoms with E-state index in [4.69, 9.17) is 4.74 Å². The van der Waals surface area contributed by atoms with Gasteiger partial charge in [0.1, 0.15) is 5.82 Å². The number of benzene rings is 1. The summed E-state index contributed by atoms with van der Waals surface area (Å²) in [6, 6.07) is 5.58. The van der Waals surface area contributed by atoms with E-state index in [1.54, 1.807) is 6.07 Å². The number of anilines is 1. The Bertz CT molecular complexity index is 409. The lowest BCUT2D eigenvalue weighted by Gasteiger charge is -2.37. The van der Waals surface area contributed by atoms with Crippen molar-refractivity contribution in [1.82, 2.24) is 0 Å². The Morgan fingerprint density at radius 1 is 1.22 bits per heavy atom. The molecule has 1 saturated heterocycles. The number of ether oxygens (including phenoxy) is 1. The number of nitrogens with zero attached hydrogens (tertiary/aromatic N) is 1. The zero-order chi connectivity index (χ0) is 13.3. The van der Waals surface area contributed by atoms with Crippen LogP contribution in [0.2, 0.25) is 0 Å². The molecule has 1 fully saturated rings. The Kier molecular flexibility index (Phi) is 3.91. The van der Waals surface area contributed by atoms with Crippen molar-refractivity contribution in [2.75, 3.05) is 18.0 Å². The number of halogens is 1. The van der Waals surface area contributed by atoms with Crippen LogP contribution in [0.3, 0.4) is 0 Å². The van der Waals surface area contributed by atoms with Crippen LogP contribution in [0.25, 0.3) is 0 Å². The third-order valence-corrected chi connectivity index (χ3v) is 3.40. The molecule has 0 radical (unpaired) electrons. The predicted molar refractivity (Wildman–Crippen MR) is 72.7 cm³/mol. The van der Waals surface area contributed by atoms with Gasteiger partial charge in [-0.25, -0.2) is 4.39 Å². The van der Waals surface area contributed by atoms with Gasteiger partial charge in [-0.3, -0.25) is 0 Å². The van der Waals surface area contributed by atoms with E-state index in [-0.39, 0.29) is 18.0 Å². The molecule has 2 atom stereocenters. The molecule has 3 heteroatoms. The van der Waals surface area contributed by atoms with Gasteiger partial charge in [-0.15, -0.1) is 0 Å². The van der Waals surface area contributed by atoms with Crippen LogP contribution in [0, 0.1) is 5.82 Å². The van der Waals surface area contributed by atoms with E-state index in [0.29, 0.717) is 11.6 Å². The maximum Gasteiger partial charge on any atom is 0.146 e. The number of hydrogen-bond donors (Lipinski definition) is 0. The molecule has 18 heavy (non-hydrogen) atoms. The summed E-state index contributed by atoms with van der Waals surface area (Å²) in [7, 11) is 0. The molecule has 1 heterocycles. The fraction of sp³-hybridized carbons (Fsp3) is 0.600. The Hall–Kier alpha value is -1.09. The van der Waals surface area contributed by atoms with Crippen molar-refractivity contribution in [2.45, 2.75) is 45.8 Å². The average Bonchev–Trinajstić information content (AvgIpc) is 2.27. The predicted octanol–water partition coefficient (Wildman–Crippen LogP) is 3.56. The Labute approximate surface area is 109 Å². The van der Waals surface area contributed by atoms with Gasteiger partial charge in [0.05, 0.1) is 17.9 Å². The molecule has 2 rings (SSSR count). The molecule has 1 aromatic rings. The molecule has 0 bridgehead atoms. The topological polar surface area (TPSA) is 12.5 Å². The molecule has 0 aromatic heterocycles. The maximum absolute atomic E-state index is 14.2. The summed E-state index contributed by atoms with van der Waals surface area (Å²) in [4.78, 5) is 2.08. The number of morpholine rings is 1. The van der Waals surface area contributed by atoms with E-state index in [1.807, 2.05) is 26.0 Å². The quantitative estimate of drug-likeness (QED) is 0.797. The average molecular weight is 251 g/mol. The molecular weight excluding hydrogens is 229 g/mol. The van der Waals surface area contributed by atoms with Gasteiger partial charge >= 0.3 is 0 Å². The van der Waals surface area contributed by atoms with Crippen LogP contribution in [0.5, 0.6) is 0 Å². The highest BCUT2D eigenvalue weighted by Gasteiger charge is 2.24. The second kappa shape index (κ2) is 5.27. The van der Waals surface area contributed by atoms with Gasteiger partial charge in [-0.2, -0.15) is 0 Å². The van der Waals surface area contributed by atoms with Crippen molar-refractivity contribution in [1.29, 1.82) is 0 Å². The smallest absolute Gasteiger partial charge is 0.146 e. The minimum absolute atomic E-state index is 0.123. The van der Waals surface area contributed by atoms with Crippen LogP contribution in [0.15, 0.2) is 18.2 Å². The zero-order valence-corrected chi connectivity index (χ0v) is 11.6. The third kappa shape index (κ3) is 2.83. The van der Waals surface area contributed by atoms with Crippen LogP contribution < -0.4 is 4.90 Å². The summed E-state index contributed by atoms with van der Waals surface area (Å²) in [5.41, 5.74) is 1.74. The molecule has 0 saturated carbocycles. The Balaban J connectivity index is 2.22. The fourth-order valence-corrected chi connectivity index (χ4v) is 2.51. The standard InChI is InChI=1S/C15H22FNO/c1-10(2)13-5-6-15(14(16)7-13)17-8-11(3)18-12(4)9-17/h5-7,10-12H,8-9H2,1-4H3/t11-,12+. The van der Waals surface area contributed by atoms with Crippen LogP contribution in [-0.4, -0.2) is 25.3 Å². The van der Waals surface area contributed by atoms with Gasteiger partial charge in [0.15, 0.2) is 0 Å². The van der Waals surface area contributed by atoms with Crippen LogP contribution in [0.1, 0.15) is 39.2 Å². The van der Waals surface area contributed by atoms with Gasteiger partial charge in [0, 0.05) is 13.1 Å². The van der Waals surface area contributed by atoms with E-state index in [2.05, 4.69) is 18.7 Å². The molecule has 1 aromatic carbocycles. The Morgan fingerprint density at radius 3 is 2.33 bits per heavy atom. The summed E-state index contributed by atoms with van der Waals surface area (Å²) in [6.45, 7) is 9.72. The van der Waals surface area contributed by atoms with Crippen molar-refractivity contribution < 1.29 is 9.13 Å². The van der Waals surface area contributed by atoms with E-state index in [1.165, 1.54) is 0 Å². The SMILES string of the molecule is CC(C)c1ccc(N2C[C@@H](C)O[C@@H](C)C2)c(F)c1. The number of rotatable bonds is 2. The summed E-state index contributed by atoms with van der Waals surface area (Å²) in [6.07, 6.45) is 0.302. The minimum Gasteiger partial charge on any atom is -0.372 e. The molecule has 0 spiro atoms. The van der Waals surface area contributed by atoms with E-state index in [9.17, 15) is 4.39 Å². The maximum atomic E-state index is 14.2. The first-order valence-corrected chi connectivity index (χ1v) is 6.67. The van der Waals surface area contributed by atoms with Crippen LogP contribution >= 0.6 is 0 Å². The number of hydrogen-bond acceptors (Lipinski definition) is 2. The summed E-state index contributed by atoms with van der Waals surface area (Å²) in [5.74, 6) is 0.235. The Morgan fingerprint density at radius 2 is 1.83 bits per heavy atom. The second-order valence-corrected chi connectivity index (χ2v) is 5.53.